The summed E-state index contributed by atoms with van der Waals surface area (Å²) in [7, 11) is 0. The summed E-state index contributed by atoms with van der Waals surface area (Å²) >= 11 is 0. The maximum atomic E-state index is 4.60. The third-order valence-corrected chi connectivity index (χ3v) is 4.23. The van der Waals surface area contributed by atoms with Crippen molar-refractivity contribution in [2.24, 2.45) is 0 Å². The number of hydrogen-bond donors (Lipinski definition) is 0. The van der Waals surface area contributed by atoms with Gasteiger partial charge in [0.1, 0.15) is 11.0 Å². The normalized spacial score (nSPS) is 11.2. The number of fused-ring (bicyclic) bond motifs is 1. The van der Waals surface area contributed by atoms with Crippen molar-refractivity contribution in [1.82, 2.24) is 15.0 Å². The van der Waals surface area contributed by atoms with E-state index < -0.39 is 0 Å². The van der Waals surface area contributed by atoms with E-state index in [-0.39, 0.29) is 0 Å². The molecule has 0 unspecified atom stereocenters. The third kappa shape index (κ3) is 3.98. The first-order chi connectivity index (χ1) is 11.4. The fraction of sp³-hybridized carbons (Fsp3) is 0.400. The molecular weight excluding hydrogens is 282 g/mol. The van der Waals surface area contributed by atoms with E-state index in [1.54, 1.807) is 4.80 Å². The SMILES string of the molecule is CCCCCCCCc1cc[c]cc1-n1nc2ccccc2n1. The molecule has 0 aliphatic carbocycles. The summed E-state index contributed by atoms with van der Waals surface area (Å²) in [5.41, 5.74) is 4.22. The summed E-state index contributed by atoms with van der Waals surface area (Å²) in [6.07, 6.45) is 8.96. The Bertz CT molecular complexity index is 712. The predicted octanol–water partition coefficient (Wildman–Crippen LogP) is 5.12. The molecule has 3 heteroatoms. The zero-order valence-corrected chi connectivity index (χ0v) is 13.8. The highest BCUT2D eigenvalue weighted by Crippen LogP contribution is 2.18. The van der Waals surface area contributed by atoms with Crippen LogP contribution in [0, 0.1) is 6.07 Å². The second-order valence-electron chi connectivity index (χ2n) is 6.05. The van der Waals surface area contributed by atoms with Crippen molar-refractivity contribution < 1.29 is 0 Å². The number of aryl methyl sites for hydroxylation is 1. The second-order valence-corrected chi connectivity index (χ2v) is 6.05. The van der Waals surface area contributed by atoms with Crippen LogP contribution in [0.4, 0.5) is 0 Å². The first-order valence-electron chi connectivity index (χ1n) is 8.70. The van der Waals surface area contributed by atoms with Crippen LogP contribution in [0.25, 0.3) is 16.7 Å². The number of aromatic nitrogens is 3. The molecule has 3 rings (SSSR count). The van der Waals surface area contributed by atoms with Gasteiger partial charge in [-0.2, -0.15) is 4.80 Å². The molecule has 0 spiro atoms. The van der Waals surface area contributed by atoms with Crippen LogP contribution in [0.15, 0.2) is 42.5 Å². The summed E-state index contributed by atoms with van der Waals surface area (Å²) in [5.74, 6) is 0. The van der Waals surface area contributed by atoms with Crippen LogP contribution in [-0.4, -0.2) is 15.0 Å². The van der Waals surface area contributed by atoms with Crippen LogP contribution >= 0.6 is 0 Å². The summed E-state index contributed by atoms with van der Waals surface area (Å²) < 4.78 is 0. The maximum absolute atomic E-state index is 4.60. The molecule has 0 atom stereocenters. The van der Waals surface area contributed by atoms with E-state index in [2.05, 4.69) is 29.3 Å². The van der Waals surface area contributed by atoms with Crippen LogP contribution in [0.2, 0.25) is 0 Å². The molecule has 1 radical (unpaired) electrons. The average molecular weight is 306 g/mol. The van der Waals surface area contributed by atoms with Crippen molar-refractivity contribution in [3.05, 3.63) is 54.1 Å². The largest absolute Gasteiger partial charge is 0.150 e. The van der Waals surface area contributed by atoms with Crippen LogP contribution in [0.3, 0.4) is 0 Å². The Morgan fingerprint density at radius 3 is 2.35 bits per heavy atom. The van der Waals surface area contributed by atoms with E-state index in [1.165, 1.54) is 44.1 Å². The van der Waals surface area contributed by atoms with Gasteiger partial charge in [0.25, 0.3) is 0 Å². The average Bonchev–Trinajstić information content (AvgIpc) is 3.02. The lowest BCUT2D eigenvalue weighted by molar-refractivity contribution is 0.605. The van der Waals surface area contributed by atoms with Gasteiger partial charge in [-0.1, -0.05) is 63.3 Å². The summed E-state index contributed by atoms with van der Waals surface area (Å²) in [6, 6.07) is 17.3. The van der Waals surface area contributed by atoms with Crippen molar-refractivity contribution in [3.8, 4) is 5.69 Å². The van der Waals surface area contributed by atoms with E-state index in [4.69, 9.17) is 0 Å². The van der Waals surface area contributed by atoms with Gasteiger partial charge in [-0.3, -0.25) is 0 Å². The third-order valence-electron chi connectivity index (χ3n) is 4.23. The summed E-state index contributed by atoms with van der Waals surface area (Å²) in [4.78, 5) is 1.76. The van der Waals surface area contributed by atoms with Crippen molar-refractivity contribution in [2.45, 2.75) is 51.9 Å². The van der Waals surface area contributed by atoms with Gasteiger partial charge in [-0.15, -0.1) is 10.2 Å². The standard InChI is InChI=1S/C20H24N3/c1-2-3-4-5-6-7-12-17-13-8-11-16-20(17)23-21-18-14-9-10-15-19(18)22-23/h8-10,13-16H,2-7,12H2,1H3. The van der Waals surface area contributed by atoms with Gasteiger partial charge in [-0.25, -0.2) is 0 Å². The molecule has 0 fully saturated rings. The Hall–Kier alpha value is -2.16. The highest BCUT2D eigenvalue weighted by molar-refractivity contribution is 5.73. The van der Waals surface area contributed by atoms with Crippen molar-refractivity contribution in [3.63, 3.8) is 0 Å². The fourth-order valence-corrected chi connectivity index (χ4v) is 2.91. The van der Waals surface area contributed by atoms with Gasteiger partial charge in [0.15, 0.2) is 0 Å². The molecule has 1 aromatic heterocycles. The number of benzene rings is 2. The van der Waals surface area contributed by atoms with E-state index in [0.717, 1.165) is 23.1 Å². The summed E-state index contributed by atoms with van der Waals surface area (Å²) in [5, 5.41) is 9.20. The van der Waals surface area contributed by atoms with Gasteiger partial charge >= 0.3 is 0 Å². The zero-order chi connectivity index (χ0) is 15.9. The molecule has 0 saturated carbocycles. The second kappa shape index (κ2) is 7.91. The predicted molar refractivity (Wildman–Crippen MR) is 94.8 cm³/mol. The van der Waals surface area contributed by atoms with Crippen LogP contribution in [0.5, 0.6) is 0 Å². The minimum atomic E-state index is 0.932. The van der Waals surface area contributed by atoms with Crippen molar-refractivity contribution in [1.29, 1.82) is 0 Å². The number of hydrogen-bond acceptors (Lipinski definition) is 2. The van der Waals surface area contributed by atoms with E-state index in [9.17, 15) is 0 Å². The number of nitrogens with zero attached hydrogens (tertiary/aromatic N) is 3. The molecular formula is C20H24N3. The van der Waals surface area contributed by atoms with Gasteiger partial charge in [0.05, 0.1) is 5.69 Å². The summed E-state index contributed by atoms with van der Waals surface area (Å²) in [6.45, 7) is 2.26. The van der Waals surface area contributed by atoms with Crippen molar-refractivity contribution >= 4 is 11.0 Å². The van der Waals surface area contributed by atoms with E-state index >= 15 is 0 Å². The Labute approximate surface area is 138 Å². The minimum absolute atomic E-state index is 0.932. The molecule has 3 nitrogen and oxygen atoms in total. The van der Waals surface area contributed by atoms with E-state index in [1.807, 2.05) is 36.4 Å². The molecule has 0 bridgehead atoms. The smallest absolute Gasteiger partial charge is 0.113 e. The highest BCUT2D eigenvalue weighted by atomic mass is 15.5. The van der Waals surface area contributed by atoms with E-state index in [0.29, 0.717) is 0 Å². The van der Waals surface area contributed by atoms with Crippen LogP contribution in [-0.2, 0) is 6.42 Å². The van der Waals surface area contributed by atoms with Gasteiger partial charge in [0.2, 0.25) is 0 Å². The van der Waals surface area contributed by atoms with Crippen LogP contribution < -0.4 is 0 Å². The first-order valence-corrected chi connectivity index (χ1v) is 8.70. The van der Waals surface area contributed by atoms with Gasteiger partial charge in [-0.05, 0) is 42.7 Å². The first kappa shape index (κ1) is 15.7. The molecule has 119 valence electrons. The Morgan fingerprint density at radius 1 is 0.913 bits per heavy atom. The molecule has 0 amide bonds. The Kier molecular flexibility index (Phi) is 5.41. The van der Waals surface area contributed by atoms with Crippen molar-refractivity contribution in [2.75, 3.05) is 0 Å². The topological polar surface area (TPSA) is 30.7 Å². The molecule has 2 aromatic carbocycles. The lowest BCUT2D eigenvalue weighted by Crippen LogP contribution is -2.03. The van der Waals surface area contributed by atoms with Gasteiger partial charge in [0, 0.05) is 0 Å². The molecule has 0 N–H and O–H groups in total. The molecule has 0 saturated heterocycles. The highest BCUT2D eigenvalue weighted by Gasteiger charge is 2.08. The monoisotopic (exact) mass is 306 g/mol. The molecule has 23 heavy (non-hydrogen) atoms. The fourth-order valence-electron chi connectivity index (χ4n) is 2.91. The quantitative estimate of drug-likeness (QED) is 0.540. The molecule has 1 heterocycles. The van der Waals surface area contributed by atoms with Gasteiger partial charge < -0.3 is 0 Å². The van der Waals surface area contributed by atoms with Crippen LogP contribution in [0.1, 0.15) is 51.0 Å². The Morgan fingerprint density at radius 2 is 1.61 bits per heavy atom. The zero-order valence-electron chi connectivity index (χ0n) is 13.8. The number of rotatable bonds is 8. The number of unbranched alkanes of at least 4 members (excludes halogenated alkanes) is 5. The molecule has 0 aliphatic heterocycles. The lowest BCUT2D eigenvalue weighted by atomic mass is 10.0. The lowest BCUT2D eigenvalue weighted by Gasteiger charge is -2.08. The molecule has 0 aliphatic rings. The maximum Gasteiger partial charge on any atom is 0.113 e. The minimum Gasteiger partial charge on any atom is -0.150 e. The Balaban J connectivity index is 1.70. The molecule has 3 aromatic rings.